The highest BCUT2D eigenvalue weighted by atomic mass is 16.5. The van der Waals surface area contributed by atoms with Crippen LogP contribution in [0.2, 0.25) is 0 Å². The molecule has 0 saturated heterocycles. The average Bonchev–Trinajstić information content (AvgIpc) is 3.67. The van der Waals surface area contributed by atoms with Crippen molar-refractivity contribution in [2.24, 2.45) is 5.10 Å². The number of aromatic nitrogens is 2. The molecule has 1 atom stereocenters. The fourth-order valence-electron chi connectivity index (χ4n) is 5.10. The van der Waals surface area contributed by atoms with Gasteiger partial charge in [0.05, 0.1) is 35.8 Å². The van der Waals surface area contributed by atoms with E-state index in [4.69, 9.17) is 14.9 Å². The lowest BCUT2D eigenvalue weighted by Crippen LogP contribution is -2.27. The molecule has 42 heavy (non-hydrogen) atoms. The number of para-hydroxylation sites is 1. The topological polar surface area (TPSA) is 97.0 Å². The molecule has 8 heteroatoms. The van der Waals surface area contributed by atoms with E-state index in [2.05, 4.69) is 0 Å². The largest absolute Gasteiger partial charge is 0.497 e. The van der Waals surface area contributed by atoms with Gasteiger partial charge < -0.3 is 9.84 Å². The summed E-state index contributed by atoms with van der Waals surface area (Å²) in [4.78, 5) is 25.7. The van der Waals surface area contributed by atoms with Crippen molar-refractivity contribution in [3.05, 3.63) is 137 Å². The molecule has 1 amide bonds. The number of carboxylic acid groups (broad SMARTS) is 1. The monoisotopic (exact) mass is 556 g/mol. The molecule has 0 spiro atoms. The van der Waals surface area contributed by atoms with Crippen LogP contribution in [0.25, 0.3) is 16.9 Å². The maximum atomic E-state index is 14.0. The van der Waals surface area contributed by atoms with Gasteiger partial charge in [0.15, 0.2) is 0 Å². The van der Waals surface area contributed by atoms with E-state index in [1.54, 1.807) is 19.2 Å². The molecule has 8 nitrogen and oxygen atoms in total. The molecule has 0 saturated carbocycles. The second-order valence-electron chi connectivity index (χ2n) is 10.1. The molecular formula is C34H28N4O4. The smallest absolute Gasteiger partial charge is 0.335 e. The minimum Gasteiger partial charge on any atom is -0.497 e. The molecule has 0 unspecified atom stereocenters. The quantitative estimate of drug-likeness (QED) is 0.245. The Labute approximate surface area is 243 Å². The molecule has 4 aromatic carbocycles. The van der Waals surface area contributed by atoms with Crippen LogP contribution in [0.15, 0.2) is 114 Å². The number of rotatable bonds is 7. The van der Waals surface area contributed by atoms with Crippen molar-refractivity contribution >= 4 is 17.6 Å². The molecule has 0 fully saturated rings. The van der Waals surface area contributed by atoms with Crippen LogP contribution in [-0.4, -0.2) is 44.6 Å². The molecular weight excluding hydrogens is 528 g/mol. The number of ether oxygens (including phenoxy) is 1. The van der Waals surface area contributed by atoms with Gasteiger partial charge in [0.1, 0.15) is 5.75 Å². The van der Waals surface area contributed by atoms with Crippen LogP contribution in [0.5, 0.6) is 5.75 Å². The normalized spacial score (nSPS) is 14.5. The van der Waals surface area contributed by atoms with E-state index >= 15 is 0 Å². The van der Waals surface area contributed by atoms with Crippen molar-refractivity contribution in [2.75, 3.05) is 7.11 Å². The summed E-state index contributed by atoms with van der Waals surface area (Å²) in [6.45, 7) is 2.03. The van der Waals surface area contributed by atoms with Crippen molar-refractivity contribution in [1.29, 1.82) is 0 Å². The highest BCUT2D eigenvalue weighted by Gasteiger charge is 2.37. The summed E-state index contributed by atoms with van der Waals surface area (Å²) < 4.78 is 7.15. The Bertz CT molecular complexity index is 1790. The van der Waals surface area contributed by atoms with E-state index in [1.165, 1.54) is 17.1 Å². The van der Waals surface area contributed by atoms with Crippen LogP contribution in [-0.2, 0) is 0 Å². The molecule has 2 heterocycles. The van der Waals surface area contributed by atoms with Crippen molar-refractivity contribution in [3.8, 4) is 22.7 Å². The predicted molar refractivity (Wildman–Crippen MR) is 160 cm³/mol. The number of hydrazone groups is 1. The van der Waals surface area contributed by atoms with Gasteiger partial charge in [-0.15, -0.1) is 0 Å². The number of hydrogen-bond donors (Lipinski definition) is 1. The minimum atomic E-state index is -1.10. The molecule has 208 valence electrons. The summed E-state index contributed by atoms with van der Waals surface area (Å²) in [5.41, 5.74) is 6.38. The molecule has 1 aliphatic heterocycles. The Morgan fingerprint density at radius 1 is 0.857 bits per heavy atom. The van der Waals surface area contributed by atoms with Crippen molar-refractivity contribution in [3.63, 3.8) is 0 Å². The van der Waals surface area contributed by atoms with E-state index in [0.29, 0.717) is 6.42 Å². The zero-order valence-electron chi connectivity index (χ0n) is 23.1. The van der Waals surface area contributed by atoms with E-state index in [0.717, 1.165) is 45.1 Å². The number of carbonyl (C=O) groups excluding carboxylic acids is 1. The zero-order valence-corrected chi connectivity index (χ0v) is 23.1. The Hall–Kier alpha value is -5.50. The lowest BCUT2D eigenvalue weighted by Gasteiger charge is -2.22. The Morgan fingerprint density at radius 3 is 2.24 bits per heavy atom. The summed E-state index contributed by atoms with van der Waals surface area (Å²) >= 11 is 0. The molecule has 1 N–H and O–H groups in total. The summed E-state index contributed by atoms with van der Waals surface area (Å²) in [5.74, 6) is -0.775. The van der Waals surface area contributed by atoms with Crippen LogP contribution in [0.1, 0.15) is 49.9 Å². The fraction of sp³-hybridized carbons (Fsp3) is 0.118. The number of carbonyl (C=O) groups is 2. The van der Waals surface area contributed by atoms with E-state index in [-0.39, 0.29) is 11.1 Å². The van der Waals surface area contributed by atoms with Gasteiger partial charge in [-0.3, -0.25) is 4.79 Å². The van der Waals surface area contributed by atoms with Gasteiger partial charge in [-0.1, -0.05) is 54.1 Å². The second-order valence-corrected chi connectivity index (χ2v) is 10.1. The van der Waals surface area contributed by atoms with E-state index < -0.39 is 17.9 Å². The van der Waals surface area contributed by atoms with Crippen LogP contribution >= 0.6 is 0 Å². The maximum Gasteiger partial charge on any atom is 0.335 e. The van der Waals surface area contributed by atoms with E-state index in [1.807, 2.05) is 96.7 Å². The number of amides is 1. The predicted octanol–water partition coefficient (Wildman–Crippen LogP) is 6.55. The van der Waals surface area contributed by atoms with E-state index in [9.17, 15) is 14.7 Å². The molecule has 0 aliphatic carbocycles. The number of methoxy groups -OCH3 is 1. The van der Waals surface area contributed by atoms with Crippen LogP contribution in [0.3, 0.4) is 0 Å². The number of nitrogens with zero attached hydrogens (tertiary/aromatic N) is 4. The average molecular weight is 557 g/mol. The summed E-state index contributed by atoms with van der Waals surface area (Å²) in [5, 5.41) is 20.8. The third kappa shape index (κ3) is 5.17. The van der Waals surface area contributed by atoms with Gasteiger partial charge >= 0.3 is 5.97 Å². The molecule has 1 aromatic heterocycles. The Balaban J connectivity index is 1.49. The Morgan fingerprint density at radius 2 is 1.55 bits per heavy atom. The van der Waals surface area contributed by atoms with Gasteiger partial charge in [-0.05, 0) is 67.1 Å². The number of aromatic carboxylic acids is 1. The minimum absolute atomic E-state index is 0.0354. The third-order valence-corrected chi connectivity index (χ3v) is 7.35. The highest BCUT2D eigenvalue weighted by Crippen LogP contribution is 2.39. The van der Waals surface area contributed by atoms with Crippen LogP contribution < -0.4 is 4.74 Å². The summed E-state index contributed by atoms with van der Waals surface area (Å²) in [6.07, 6.45) is 2.39. The lowest BCUT2D eigenvalue weighted by atomic mass is 9.95. The molecule has 6 rings (SSSR count). The SMILES string of the molecule is COc1ccc(C2=NN(C(=O)c3cccc(C(=O)O)c3)[C@H](c3cn(-c4ccccc4)nc3-c3ccc(C)cc3)C2)cc1. The number of hydrogen-bond acceptors (Lipinski definition) is 5. The number of benzene rings is 4. The maximum absolute atomic E-state index is 14.0. The molecule has 1 aliphatic rings. The first-order valence-electron chi connectivity index (χ1n) is 13.5. The van der Waals surface area contributed by atoms with Crippen LogP contribution in [0.4, 0.5) is 0 Å². The van der Waals surface area contributed by atoms with Gasteiger partial charge in [-0.2, -0.15) is 10.2 Å². The molecule has 5 aromatic rings. The second kappa shape index (κ2) is 11.2. The Kier molecular flexibility index (Phi) is 7.10. The zero-order chi connectivity index (χ0) is 29.2. The fourth-order valence-corrected chi connectivity index (χ4v) is 5.10. The van der Waals surface area contributed by atoms with Gasteiger partial charge in [0.25, 0.3) is 5.91 Å². The van der Waals surface area contributed by atoms with Gasteiger partial charge in [0.2, 0.25) is 0 Å². The number of carboxylic acids is 1. The van der Waals surface area contributed by atoms with Crippen molar-refractivity contribution < 1.29 is 19.4 Å². The summed E-state index contributed by atoms with van der Waals surface area (Å²) in [6, 6.07) is 31.0. The third-order valence-electron chi connectivity index (χ3n) is 7.35. The van der Waals surface area contributed by atoms with Crippen LogP contribution in [0, 0.1) is 6.92 Å². The standard InChI is InChI=1S/C34H28N4O4/c1-22-11-13-24(14-12-22)32-29(21-37(36-32)27-9-4-3-5-10-27)31-20-30(23-15-17-28(42-2)18-16-23)35-38(31)33(39)25-7-6-8-26(19-25)34(40)41/h3-19,21,31H,20H2,1-2H3,(H,40,41)/t31-/m0/s1. The van der Waals surface area contributed by atoms with Crippen molar-refractivity contribution in [2.45, 2.75) is 19.4 Å². The number of aryl methyl sites for hydroxylation is 1. The molecule has 0 radical (unpaired) electrons. The highest BCUT2D eigenvalue weighted by molar-refractivity contribution is 6.05. The first-order chi connectivity index (χ1) is 20.4. The molecule has 0 bridgehead atoms. The van der Waals surface area contributed by atoms with Crippen molar-refractivity contribution in [1.82, 2.24) is 14.8 Å². The summed E-state index contributed by atoms with van der Waals surface area (Å²) in [7, 11) is 1.61. The lowest BCUT2D eigenvalue weighted by molar-refractivity contribution is 0.0697. The van der Waals surface area contributed by atoms with Gasteiger partial charge in [0, 0.05) is 29.3 Å². The first-order valence-corrected chi connectivity index (χ1v) is 13.5. The van der Waals surface area contributed by atoms with Gasteiger partial charge in [-0.25, -0.2) is 14.5 Å². The first kappa shape index (κ1) is 26.7.